The zero-order valence-corrected chi connectivity index (χ0v) is 10.2. The van der Waals surface area contributed by atoms with Gasteiger partial charge in [0, 0.05) is 17.7 Å². The fourth-order valence-corrected chi connectivity index (χ4v) is 1.12. The van der Waals surface area contributed by atoms with Crippen LogP contribution in [0.25, 0.3) is 0 Å². The maximum Gasteiger partial charge on any atom is 0.220 e. The monoisotopic (exact) mass is 218 g/mol. The van der Waals surface area contributed by atoms with Crippen molar-refractivity contribution in [2.75, 3.05) is 19.3 Å². The standard InChI is InChI=1S/C10H22N2OS/c1-10(2,14-3)8-12-9(13)6-4-5-7-11/h4-8,11H2,1-3H3,(H,12,13). The zero-order valence-electron chi connectivity index (χ0n) is 9.43. The van der Waals surface area contributed by atoms with E-state index in [0.29, 0.717) is 13.0 Å². The van der Waals surface area contributed by atoms with Crippen LogP contribution >= 0.6 is 11.8 Å². The van der Waals surface area contributed by atoms with Crippen molar-refractivity contribution in [2.45, 2.75) is 37.9 Å². The van der Waals surface area contributed by atoms with E-state index in [9.17, 15) is 4.79 Å². The van der Waals surface area contributed by atoms with Gasteiger partial charge in [0.1, 0.15) is 0 Å². The largest absolute Gasteiger partial charge is 0.355 e. The topological polar surface area (TPSA) is 55.1 Å². The Morgan fingerprint density at radius 2 is 2.07 bits per heavy atom. The van der Waals surface area contributed by atoms with Gasteiger partial charge >= 0.3 is 0 Å². The van der Waals surface area contributed by atoms with Crippen LogP contribution in [0.4, 0.5) is 0 Å². The molecule has 0 aromatic carbocycles. The minimum absolute atomic E-state index is 0.128. The highest BCUT2D eigenvalue weighted by Crippen LogP contribution is 2.19. The molecule has 0 aromatic heterocycles. The molecule has 14 heavy (non-hydrogen) atoms. The van der Waals surface area contributed by atoms with Crippen LogP contribution in [0.2, 0.25) is 0 Å². The van der Waals surface area contributed by atoms with Crippen molar-refractivity contribution >= 4 is 17.7 Å². The first-order chi connectivity index (χ1) is 6.52. The summed E-state index contributed by atoms with van der Waals surface area (Å²) < 4.78 is 0.128. The second-order valence-electron chi connectivity index (χ2n) is 3.99. The number of nitrogens with one attached hydrogen (secondary N) is 1. The van der Waals surface area contributed by atoms with E-state index in [1.807, 2.05) is 0 Å². The highest BCUT2D eigenvalue weighted by atomic mass is 32.2. The summed E-state index contributed by atoms with van der Waals surface area (Å²) in [7, 11) is 0. The summed E-state index contributed by atoms with van der Waals surface area (Å²) >= 11 is 1.76. The first-order valence-corrected chi connectivity index (χ1v) is 6.26. The van der Waals surface area contributed by atoms with Crippen LogP contribution in [-0.2, 0) is 4.79 Å². The third-order valence-electron chi connectivity index (χ3n) is 2.12. The molecule has 84 valence electrons. The quantitative estimate of drug-likeness (QED) is 0.635. The average Bonchev–Trinajstić information content (AvgIpc) is 2.16. The molecule has 0 aliphatic heterocycles. The fraction of sp³-hybridized carbons (Fsp3) is 0.900. The van der Waals surface area contributed by atoms with E-state index in [4.69, 9.17) is 5.73 Å². The number of amides is 1. The highest BCUT2D eigenvalue weighted by molar-refractivity contribution is 7.99. The second kappa shape index (κ2) is 7.12. The van der Waals surface area contributed by atoms with E-state index in [2.05, 4.69) is 25.4 Å². The SMILES string of the molecule is CSC(C)(C)CNC(=O)CCCCN. The van der Waals surface area contributed by atoms with Crippen LogP contribution in [-0.4, -0.2) is 30.0 Å². The van der Waals surface area contributed by atoms with Gasteiger partial charge in [0.2, 0.25) is 5.91 Å². The molecule has 0 aliphatic rings. The smallest absolute Gasteiger partial charge is 0.220 e. The molecule has 0 saturated carbocycles. The van der Waals surface area contributed by atoms with E-state index < -0.39 is 0 Å². The summed E-state index contributed by atoms with van der Waals surface area (Å²) in [5.74, 6) is 0.139. The molecule has 0 atom stereocenters. The Bertz CT molecular complexity index is 172. The van der Waals surface area contributed by atoms with Gasteiger partial charge in [-0.25, -0.2) is 0 Å². The lowest BCUT2D eigenvalue weighted by Crippen LogP contribution is -2.35. The summed E-state index contributed by atoms with van der Waals surface area (Å²) in [6, 6.07) is 0. The summed E-state index contributed by atoms with van der Waals surface area (Å²) in [5, 5.41) is 2.93. The lowest BCUT2D eigenvalue weighted by atomic mass is 10.2. The van der Waals surface area contributed by atoms with Gasteiger partial charge in [-0.3, -0.25) is 4.79 Å². The summed E-state index contributed by atoms with van der Waals surface area (Å²) in [6.45, 7) is 5.65. The molecular weight excluding hydrogens is 196 g/mol. The molecule has 0 rings (SSSR count). The zero-order chi connectivity index (χ0) is 11.0. The Kier molecular flexibility index (Phi) is 7.01. The fourth-order valence-electron chi connectivity index (χ4n) is 0.902. The molecule has 3 nitrogen and oxygen atoms in total. The lowest BCUT2D eigenvalue weighted by Gasteiger charge is -2.22. The first-order valence-electron chi connectivity index (χ1n) is 5.04. The van der Waals surface area contributed by atoms with Crippen molar-refractivity contribution in [3.05, 3.63) is 0 Å². The number of thioether (sulfide) groups is 1. The molecule has 0 saturated heterocycles. The molecule has 4 heteroatoms. The van der Waals surface area contributed by atoms with Crippen molar-refractivity contribution < 1.29 is 4.79 Å². The third kappa shape index (κ3) is 7.21. The Morgan fingerprint density at radius 1 is 1.43 bits per heavy atom. The van der Waals surface area contributed by atoms with Crippen LogP contribution in [0.3, 0.4) is 0 Å². The number of nitrogens with two attached hydrogens (primary N) is 1. The van der Waals surface area contributed by atoms with Crippen LogP contribution in [0.15, 0.2) is 0 Å². The Morgan fingerprint density at radius 3 is 2.57 bits per heavy atom. The predicted molar refractivity (Wildman–Crippen MR) is 63.5 cm³/mol. The van der Waals surface area contributed by atoms with E-state index in [1.54, 1.807) is 11.8 Å². The maximum atomic E-state index is 11.3. The Labute approximate surface area is 91.2 Å². The van der Waals surface area contributed by atoms with Gasteiger partial charge in [-0.2, -0.15) is 11.8 Å². The molecule has 3 N–H and O–H groups in total. The molecule has 0 aromatic rings. The molecule has 1 amide bonds. The minimum Gasteiger partial charge on any atom is -0.355 e. The van der Waals surface area contributed by atoms with Gasteiger partial charge in [-0.1, -0.05) is 0 Å². The molecule has 0 spiro atoms. The summed E-state index contributed by atoms with van der Waals surface area (Å²) in [4.78, 5) is 11.3. The first kappa shape index (κ1) is 13.8. The van der Waals surface area contributed by atoms with Crippen molar-refractivity contribution in [3.8, 4) is 0 Å². The molecular formula is C10H22N2OS. The molecule has 0 unspecified atom stereocenters. The minimum atomic E-state index is 0.128. The lowest BCUT2D eigenvalue weighted by molar-refractivity contribution is -0.121. The van der Waals surface area contributed by atoms with Crippen molar-refractivity contribution in [1.82, 2.24) is 5.32 Å². The van der Waals surface area contributed by atoms with Gasteiger partial charge < -0.3 is 11.1 Å². The van der Waals surface area contributed by atoms with E-state index in [1.165, 1.54) is 0 Å². The number of carbonyl (C=O) groups excluding carboxylic acids is 1. The van der Waals surface area contributed by atoms with Crippen molar-refractivity contribution in [2.24, 2.45) is 5.73 Å². The molecule has 0 radical (unpaired) electrons. The second-order valence-corrected chi connectivity index (χ2v) is 5.50. The van der Waals surface area contributed by atoms with Crippen LogP contribution < -0.4 is 11.1 Å². The van der Waals surface area contributed by atoms with Crippen molar-refractivity contribution in [3.63, 3.8) is 0 Å². The van der Waals surface area contributed by atoms with Crippen LogP contribution in [0.5, 0.6) is 0 Å². The van der Waals surface area contributed by atoms with Crippen LogP contribution in [0, 0.1) is 0 Å². The molecule has 0 aliphatic carbocycles. The van der Waals surface area contributed by atoms with Crippen molar-refractivity contribution in [1.29, 1.82) is 0 Å². The number of hydrogen-bond donors (Lipinski definition) is 2. The van der Waals surface area contributed by atoms with Gasteiger partial charge in [0.25, 0.3) is 0 Å². The molecule has 0 bridgehead atoms. The molecule has 0 heterocycles. The number of unbranched alkanes of at least 4 members (excludes halogenated alkanes) is 1. The highest BCUT2D eigenvalue weighted by Gasteiger charge is 2.16. The van der Waals surface area contributed by atoms with E-state index >= 15 is 0 Å². The average molecular weight is 218 g/mol. The van der Waals surface area contributed by atoms with Gasteiger partial charge in [0.05, 0.1) is 0 Å². The van der Waals surface area contributed by atoms with Gasteiger partial charge in [0.15, 0.2) is 0 Å². The van der Waals surface area contributed by atoms with Gasteiger partial charge in [-0.05, 0) is 39.5 Å². The number of carbonyl (C=O) groups is 1. The number of hydrogen-bond acceptors (Lipinski definition) is 3. The van der Waals surface area contributed by atoms with Crippen LogP contribution in [0.1, 0.15) is 33.1 Å². The van der Waals surface area contributed by atoms with Gasteiger partial charge in [-0.15, -0.1) is 0 Å². The predicted octanol–water partition coefficient (Wildman–Crippen LogP) is 1.37. The maximum absolute atomic E-state index is 11.3. The molecule has 0 fully saturated rings. The Hall–Kier alpha value is -0.220. The van der Waals surface area contributed by atoms with E-state index in [0.717, 1.165) is 19.4 Å². The summed E-state index contributed by atoms with van der Waals surface area (Å²) in [5.41, 5.74) is 5.34. The third-order valence-corrected chi connectivity index (χ3v) is 3.37. The summed E-state index contributed by atoms with van der Waals surface area (Å²) in [6.07, 6.45) is 4.48. The normalized spacial score (nSPS) is 11.4. The Balaban J connectivity index is 3.53. The number of rotatable bonds is 7. The van der Waals surface area contributed by atoms with E-state index in [-0.39, 0.29) is 10.7 Å².